The van der Waals surface area contributed by atoms with Gasteiger partial charge in [0.2, 0.25) is 0 Å². The van der Waals surface area contributed by atoms with Crippen LogP contribution in [-0.2, 0) is 4.79 Å². The van der Waals surface area contributed by atoms with Gasteiger partial charge in [-0.25, -0.2) is 0 Å². The van der Waals surface area contributed by atoms with Crippen LogP contribution in [0.2, 0.25) is 0 Å². The lowest BCUT2D eigenvalue weighted by molar-refractivity contribution is -0.385. The number of hydrogen-bond acceptors (Lipinski definition) is 4. The van der Waals surface area contributed by atoms with Crippen LogP contribution < -0.4 is 0 Å². The van der Waals surface area contributed by atoms with Crippen LogP contribution in [0, 0.1) is 34.8 Å². The zero-order chi connectivity index (χ0) is 16.7. The number of carbonyl (C=O) groups excluding carboxylic acids is 1. The average molecular weight is 318 g/mol. The molecule has 1 aliphatic carbocycles. The van der Waals surface area contributed by atoms with Gasteiger partial charge in [0, 0.05) is 30.3 Å². The normalized spacial score (nSPS) is 23.8. The molecule has 1 aromatic carbocycles. The molecule has 0 aromatic heterocycles. The summed E-state index contributed by atoms with van der Waals surface area (Å²) in [5.74, 6) is -1.18. The molecule has 7 nitrogen and oxygen atoms in total. The van der Waals surface area contributed by atoms with Crippen molar-refractivity contribution in [1.29, 1.82) is 0 Å². The summed E-state index contributed by atoms with van der Waals surface area (Å²) in [4.78, 5) is 35.9. The van der Waals surface area contributed by atoms with Gasteiger partial charge in [-0.3, -0.25) is 19.7 Å². The highest BCUT2D eigenvalue weighted by Gasteiger charge is 2.46. The number of rotatable bonds is 4. The molecule has 0 unspecified atom stereocenters. The van der Waals surface area contributed by atoms with Crippen molar-refractivity contribution in [1.82, 2.24) is 4.90 Å². The number of aliphatic carboxylic acids is 1. The molecule has 1 N–H and O–H groups in total. The summed E-state index contributed by atoms with van der Waals surface area (Å²) >= 11 is 0. The topological polar surface area (TPSA) is 101 Å². The first-order valence-corrected chi connectivity index (χ1v) is 7.65. The number of carboxylic acid groups (broad SMARTS) is 1. The second kappa shape index (κ2) is 5.64. The Labute approximate surface area is 133 Å². The number of nitro benzene ring substituents is 1. The van der Waals surface area contributed by atoms with Gasteiger partial charge >= 0.3 is 5.97 Å². The van der Waals surface area contributed by atoms with Gasteiger partial charge in [0.1, 0.15) is 0 Å². The molecule has 0 bridgehead atoms. The zero-order valence-corrected chi connectivity index (χ0v) is 12.8. The van der Waals surface area contributed by atoms with Crippen LogP contribution in [-0.4, -0.2) is 39.9 Å². The quantitative estimate of drug-likeness (QED) is 0.676. The molecule has 0 radical (unpaired) electrons. The predicted molar refractivity (Wildman–Crippen MR) is 81.1 cm³/mol. The van der Waals surface area contributed by atoms with Crippen molar-refractivity contribution >= 4 is 17.6 Å². The number of likely N-dealkylation sites (tertiary alicyclic amines) is 1. The molecular weight excluding hydrogens is 300 g/mol. The van der Waals surface area contributed by atoms with Gasteiger partial charge in [0.15, 0.2) is 0 Å². The molecule has 0 spiro atoms. The molecule has 122 valence electrons. The highest BCUT2D eigenvalue weighted by Crippen LogP contribution is 2.44. The first kappa shape index (κ1) is 15.5. The second-order valence-corrected chi connectivity index (χ2v) is 6.41. The van der Waals surface area contributed by atoms with Gasteiger partial charge in [0.05, 0.1) is 10.8 Å². The Morgan fingerprint density at radius 3 is 2.52 bits per heavy atom. The number of carbonyl (C=O) groups is 2. The number of amides is 1. The molecule has 7 heteroatoms. The van der Waals surface area contributed by atoms with E-state index in [2.05, 4.69) is 0 Å². The highest BCUT2D eigenvalue weighted by atomic mass is 16.6. The summed E-state index contributed by atoms with van der Waals surface area (Å²) in [6.45, 7) is 2.26. The van der Waals surface area contributed by atoms with E-state index < -0.39 is 16.8 Å². The summed E-state index contributed by atoms with van der Waals surface area (Å²) in [7, 11) is 0. The van der Waals surface area contributed by atoms with Crippen molar-refractivity contribution in [3.05, 3.63) is 39.4 Å². The molecule has 1 amide bonds. The molecule has 3 rings (SSSR count). The number of aryl methyl sites for hydroxylation is 1. The van der Waals surface area contributed by atoms with Crippen molar-refractivity contribution < 1.29 is 19.6 Å². The van der Waals surface area contributed by atoms with Crippen molar-refractivity contribution in [2.75, 3.05) is 13.1 Å². The molecule has 1 saturated carbocycles. The Hall–Kier alpha value is -2.44. The van der Waals surface area contributed by atoms with E-state index in [4.69, 9.17) is 0 Å². The van der Waals surface area contributed by atoms with E-state index in [1.165, 1.54) is 18.2 Å². The second-order valence-electron chi connectivity index (χ2n) is 6.41. The van der Waals surface area contributed by atoms with E-state index in [0.29, 0.717) is 23.6 Å². The molecule has 1 saturated heterocycles. The maximum absolute atomic E-state index is 12.6. The smallest absolute Gasteiger partial charge is 0.308 e. The Bertz CT molecular complexity index is 683. The maximum atomic E-state index is 12.6. The van der Waals surface area contributed by atoms with Crippen LogP contribution in [0.15, 0.2) is 18.2 Å². The SMILES string of the molecule is Cc1cc(C(=O)N2C[C@H](C(=O)O)[C@@H](C3CC3)C2)ccc1[N+](=O)[O-]. The van der Waals surface area contributed by atoms with Gasteiger partial charge in [-0.2, -0.15) is 0 Å². The number of carboxylic acids is 1. The van der Waals surface area contributed by atoms with Crippen molar-refractivity contribution in [3.8, 4) is 0 Å². The monoisotopic (exact) mass is 318 g/mol. The summed E-state index contributed by atoms with van der Waals surface area (Å²) in [6.07, 6.45) is 2.07. The minimum Gasteiger partial charge on any atom is -0.481 e. The van der Waals surface area contributed by atoms with Crippen LogP contribution in [0.4, 0.5) is 5.69 Å². The summed E-state index contributed by atoms with van der Waals surface area (Å²) < 4.78 is 0. The van der Waals surface area contributed by atoms with Gasteiger partial charge in [-0.1, -0.05) is 0 Å². The van der Waals surface area contributed by atoms with E-state index in [-0.39, 0.29) is 24.1 Å². The van der Waals surface area contributed by atoms with Crippen LogP contribution in [0.1, 0.15) is 28.8 Å². The minimum absolute atomic E-state index is 0.0237. The molecule has 1 aliphatic heterocycles. The fraction of sp³-hybridized carbons (Fsp3) is 0.500. The number of nitro groups is 1. The Balaban J connectivity index is 1.79. The maximum Gasteiger partial charge on any atom is 0.308 e. The lowest BCUT2D eigenvalue weighted by atomic mass is 9.92. The van der Waals surface area contributed by atoms with Crippen molar-refractivity contribution in [2.45, 2.75) is 19.8 Å². The highest BCUT2D eigenvalue weighted by molar-refractivity contribution is 5.95. The summed E-state index contributed by atoms with van der Waals surface area (Å²) in [5.41, 5.74) is 0.768. The van der Waals surface area contributed by atoms with Gasteiger partial charge < -0.3 is 10.0 Å². The number of hydrogen-bond donors (Lipinski definition) is 1. The van der Waals surface area contributed by atoms with Crippen LogP contribution in [0.5, 0.6) is 0 Å². The lowest BCUT2D eigenvalue weighted by Gasteiger charge is -2.16. The first-order chi connectivity index (χ1) is 10.9. The van der Waals surface area contributed by atoms with Gasteiger partial charge in [-0.05, 0) is 43.7 Å². The molecule has 2 fully saturated rings. The van der Waals surface area contributed by atoms with Crippen molar-refractivity contribution in [2.24, 2.45) is 17.8 Å². The van der Waals surface area contributed by atoms with E-state index in [9.17, 15) is 24.8 Å². The third-order valence-corrected chi connectivity index (χ3v) is 4.84. The van der Waals surface area contributed by atoms with E-state index in [1.807, 2.05) is 0 Å². The predicted octanol–water partition coefficient (Wildman–Crippen LogP) is 2.09. The lowest BCUT2D eigenvalue weighted by Crippen LogP contribution is -2.30. The molecular formula is C16H18N2O5. The average Bonchev–Trinajstić information content (AvgIpc) is 3.24. The Morgan fingerprint density at radius 2 is 2.00 bits per heavy atom. The largest absolute Gasteiger partial charge is 0.481 e. The van der Waals surface area contributed by atoms with Crippen LogP contribution >= 0.6 is 0 Å². The summed E-state index contributed by atoms with van der Waals surface area (Å²) in [5, 5.41) is 20.2. The van der Waals surface area contributed by atoms with Crippen LogP contribution in [0.25, 0.3) is 0 Å². The standard InChI is InChI=1S/C16H18N2O5/c1-9-6-11(4-5-14(9)18(22)23)15(19)17-7-12(10-2-3-10)13(8-17)16(20)21/h4-6,10,12-13H,2-3,7-8H2,1H3,(H,20,21)/t12-,13+/m1/s1. The Morgan fingerprint density at radius 1 is 1.30 bits per heavy atom. The fourth-order valence-corrected chi connectivity index (χ4v) is 3.43. The summed E-state index contributed by atoms with van der Waals surface area (Å²) in [6, 6.07) is 4.26. The van der Waals surface area contributed by atoms with Gasteiger partial charge in [-0.15, -0.1) is 0 Å². The van der Waals surface area contributed by atoms with E-state index in [1.54, 1.807) is 11.8 Å². The van der Waals surface area contributed by atoms with Crippen LogP contribution in [0.3, 0.4) is 0 Å². The molecule has 1 heterocycles. The first-order valence-electron chi connectivity index (χ1n) is 7.65. The fourth-order valence-electron chi connectivity index (χ4n) is 3.43. The van der Waals surface area contributed by atoms with E-state index in [0.717, 1.165) is 12.8 Å². The van der Waals surface area contributed by atoms with Crippen molar-refractivity contribution in [3.63, 3.8) is 0 Å². The molecule has 2 aliphatic rings. The number of benzene rings is 1. The zero-order valence-electron chi connectivity index (χ0n) is 12.8. The minimum atomic E-state index is -0.850. The number of nitrogens with zero attached hydrogens (tertiary/aromatic N) is 2. The molecule has 2 atom stereocenters. The molecule has 23 heavy (non-hydrogen) atoms. The third kappa shape index (κ3) is 2.91. The molecule has 1 aromatic rings. The van der Waals surface area contributed by atoms with Gasteiger partial charge in [0.25, 0.3) is 11.6 Å². The Kier molecular flexibility index (Phi) is 3.79. The third-order valence-electron chi connectivity index (χ3n) is 4.84. The van der Waals surface area contributed by atoms with E-state index >= 15 is 0 Å².